The molecule has 0 spiro atoms. The summed E-state index contributed by atoms with van der Waals surface area (Å²) in [6.07, 6.45) is 5.64. The second-order valence-electron chi connectivity index (χ2n) is 9.74. The fourth-order valence-electron chi connectivity index (χ4n) is 4.90. The first-order chi connectivity index (χ1) is 19.0. The summed E-state index contributed by atoms with van der Waals surface area (Å²) in [6, 6.07) is 22.4. The van der Waals surface area contributed by atoms with Crippen molar-refractivity contribution >= 4 is 38.6 Å². The lowest BCUT2D eigenvalue weighted by Crippen LogP contribution is -2.41. The van der Waals surface area contributed by atoms with Crippen molar-refractivity contribution in [1.29, 1.82) is 0 Å². The third-order valence-corrected chi connectivity index (χ3v) is 7.79. The molecule has 1 N–H and O–H groups in total. The number of unbranched alkanes of at least 4 members (excludes halogenated alkanes) is 3. The van der Waals surface area contributed by atoms with Crippen molar-refractivity contribution in [2.24, 2.45) is 0 Å². The number of urea groups is 1. The smallest absolute Gasteiger partial charge is 0.314 e. The zero-order valence-corrected chi connectivity index (χ0v) is 24.6. The van der Waals surface area contributed by atoms with E-state index in [1.165, 1.54) is 5.56 Å². The van der Waals surface area contributed by atoms with Crippen molar-refractivity contribution in [3.63, 3.8) is 0 Å². The number of anilines is 1. The summed E-state index contributed by atoms with van der Waals surface area (Å²) in [5, 5.41) is 3.64. The van der Waals surface area contributed by atoms with Crippen LogP contribution < -0.4 is 10.9 Å². The molecule has 2 amide bonds. The Balaban J connectivity index is 1.84. The number of amides is 2. The van der Waals surface area contributed by atoms with Crippen molar-refractivity contribution in [3.8, 4) is 5.69 Å². The van der Waals surface area contributed by atoms with Gasteiger partial charge >= 0.3 is 6.03 Å². The van der Waals surface area contributed by atoms with Crippen molar-refractivity contribution in [1.82, 2.24) is 14.5 Å². The average molecular weight is 590 g/mol. The maximum absolute atomic E-state index is 13.9. The van der Waals surface area contributed by atoms with E-state index in [-0.39, 0.29) is 11.6 Å². The predicted molar refractivity (Wildman–Crippen MR) is 164 cm³/mol. The van der Waals surface area contributed by atoms with E-state index in [1.807, 2.05) is 84.6 Å². The maximum atomic E-state index is 13.9. The molecule has 0 aliphatic carbocycles. The van der Waals surface area contributed by atoms with Crippen LogP contribution in [-0.2, 0) is 6.42 Å². The first-order valence-corrected chi connectivity index (χ1v) is 14.7. The quantitative estimate of drug-likeness (QED) is 0.179. The first kappa shape index (κ1) is 28.6. The van der Waals surface area contributed by atoms with Gasteiger partial charge in [-0.25, -0.2) is 9.78 Å². The molecule has 0 aliphatic rings. The number of fused-ring (bicyclic) bond motifs is 1. The Bertz CT molecular complexity index is 1470. The molecule has 0 fully saturated rings. The maximum Gasteiger partial charge on any atom is 0.322 e. The second-order valence-corrected chi connectivity index (χ2v) is 10.6. The number of nitrogens with one attached hydrogen (secondary N) is 1. The standard InChI is InChI=1S/C32H37BrN4O2/c1-4-7-8-13-22-36(32(39)35-28-17-12-10-15-26(28)33)29(6-3)30-34-27-16-11-9-14-25(27)31(38)37(30)24-20-18-23(5-2)19-21-24/h9-12,14-21,29H,4-8,13,22H2,1-3H3,(H,35,39). The van der Waals surface area contributed by atoms with Crippen LogP contribution in [0.2, 0.25) is 0 Å². The third kappa shape index (κ3) is 6.59. The van der Waals surface area contributed by atoms with Crippen LogP contribution in [0.5, 0.6) is 0 Å². The Morgan fingerprint density at radius 1 is 0.949 bits per heavy atom. The number of halogens is 1. The molecular formula is C32H37BrN4O2. The number of rotatable bonds is 11. The van der Waals surface area contributed by atoms with E-state index in [0.717, 1.165) is 42.3 Å². The van der Waals surface area contributed by atoms with Crippen LogP contribution in [0.25, 0.3) is 16.6 Å². The van der Waals surface area contributed by atoms with Crippen LogP contribution in [0, 0.1) is 0 Å². The highest BCUT2D eigenvalue weighted by atomic mass is 79.9. The summed E-state index contributed by atoms with van der Waals surface area (Å²) >= 11 is 3.55. The lowest BCUT2D eigenvalue weighted by Gasteiger charge is -2.32. The van der Waals surface area contributed by atoms with E-state index < -0.39 is 6.04 Å². The summed E-state index contributed by atoms with van der Waals surface area (Å²) in [4.78, 5) is 34.7. The van der Waals surface area contributed by atoms with Gasteiger partial charge in [0, 0.05) is 11.0 Å². The van der Waals surface area contributed by atoms with E-state index in [4.69, 9.17) is 4.98 Å². The Morgan fingerprint density at radius 2 is 1.67 bits per heavy atom. The lowest BCUT2D eigenvalue weighted by atomic mass is 10.1. The van der Waals surface area contributed by atoms with Gasteiger partial charge in [-0.05, 0) is 77.2 Å². The molecule has 4 rings (SSSR count). The van der Waals surface area contributed by atoms with Crippen LogP contribution in [0.1, 0.15) is 70.3 Å². The summed E-state index contributed by atoms with van der Waals surface area (Å²) < 4.78 is 2.51. The fourth-order valence-corrected chi connectivity index (χ4v) is 5.29. The first-order valence-electron chi connectivity index (χ1n) is 13.9. The molecule has 1 aromatic heterocycles. The van der Waals surface area contributed by atoms with Gasteiger partial charge in [-0.15, -0.1) is 0 Å². The van der Waals surface area contributed by atoms with Gasteiger partial charge in [-0.3, -0.25) is 9.36 Å². The molecule has 6 nitrogen and oxygen atoms in total. The summed E-state index contributed by atoms with van der Waals surface area (Å²) in [5.41, 5.74) is 3.15. The summed E-state index contributed by atoms with van der Waals surface area (Å²) in [6.45, 7) is 6.89. The van der Waals surface area contributed by atoms with E-state index >= 15 is 0 Å². The zero-order chi connectivity index (χ0) is 27.8. The largest absolute Gasteiger partial charge is 0.322 e. The van der Waals surface area contributed by atoms with Crippen molar-refractivity contribution < 1.29 is 4.79 Å². The predicted octanol–water partition coefficient (Wildman–Crippen LogP) is 8.28. The van der Waals surface area contributed by atoms with Crippen LogP contribution in [0.4, 0.5) is 10.5 Å². The summed E-state index contributed by atoms with van der Waals surface area (Å²) in [7, 11) is 0. The number of benzene rings is 3. The van der Waals surface area contributed by atoms with Gasteiger partial charge < -0.3 is 10.2 Å². The van der Waals surface area contributed by atoms with Gasteiger partial charge in [0.2, 0.25) is 0 Å². The number of carbonyl (C=O) groups excluding carboxylic acids is 1. The SMILES string of the molecule is CCCCCCN(C(=O)Nc1ccccc1Br)C(CC)c1nc2ccccc2c(=O)n1-c1ccc(CC)cc1. The Hall–Kier alpha value is -3.45. The minimum Gasteiger partial charge on any atom is -0.314 e. The topological polar surface area (TPSA) is 67.2 Å². The van der Waals surface area contributed by atoms with Crippen molar-refractivity contribution in [2.45, 2.75) is 65.3 Å². The van der Waals surface area contributed by atoms with Crippen molar-refractivity contribution in [2.75, 3.05) is 11.9 Å². The molecular weight excluding hydrogens is 552 g/mol. The lowest BCUT2D eigenvalue weighted by molar-refractivity contribution is 0.179. The molecule has 7 heteroatoms. The van der Waals surface area contributed by atoms with E-state index in [0.29, 0.717) is 35.4 Å². The van der Waals surface area contributed by atoms with Crippen LogP contribution in [0.3, 0.4) is 0 Å². The minimum absolute atomic E-state index is 0.129. The monoisotopic (exact) mass is 588 g/mol. The number of nitrogens with zero attached hydrogens (tertiary/aromatic N) is 3. The summed E-state index contributed by atoms with van der Waals surface area (Å²) in [5.74, 6) is 0.572. The molecule has 0 aliphatic heterocycles. The molecule has 1 atom stereocenters. The Labute approximate surface area is 239 Å². The van der Waals surface area contributed by atoms with E-state index in [2.05, 4.69) is 35.1 Å². The highest BCUT2D eigenvalue weighted by Crippen LogP contribution is 2.29. The number of hydrogen-bond acceptors (Lipinski definition) is 3. The van der Waals surface area contributed by atoms with Gasteiger partial charge in [-0.2, -0.15) is 0 Å². The van der Waals surface area contributed by atoms with E-state index in [9.17, 15) is 9.59 Å². The normalized spacial score (nSPS) is 11.9. The zero-order valence-electron chi connectivity index (χ0n) is 23.0. The van der Waals surface area contributed by atoms with Gasteiger partial charge in [-0.1, -0.05) is 76.4 Å². The Kier molecular flexibility index (Phi) is 9.93. The molecule has 0 saturated carbocycles. The van der Waals surface area contributed by atoms with Crippen LogP contribution in [0.15, 0.2) is 82.1 Å². The number of aryl methyl sites for hydroxylation is 1. The minimum atomic E-state index is -0.405. The van der Waals surface area contributed by atoms with Gasteiger partial charge in [0.25, 0.3) is 5.56 Å². The molecule has 1 unspecified atom stereocenters. The fraction of sp³-hybridized carbons (Fsp3) is 0.344. The highest BCUT2D eigenvalue weighted by molar-refractivity contribution is 9.10. The molecule has 39 heavy (non-hydrogen) atoms. The van der Waals surface area contributed by atoms with Gasteiger partial charge in [0.05, 0.1) is 28.3 Å². The molecule has 0 bridgehead atoms. The molecule has 0 saturated heterocycles. The number of carbonyl (C=O) groups is 1. The number of hydrogen-bond donors (Lipinski definition) is 1. The van der Waals surface area contributed by atoms with Crippen LogP contribution in [-0.4, -0.2) is 27.0 Å². The molecule has 204 valence electrons. The highest BCUT2D eigenvalue weighted by Gasteiger charge is 2.29. The molecule has 0 radical (unpaired) electrons. The second kappa shape index (κ2) is 13.6. The molecule has 1 heterocycles. The van der Waals surface area contributed by atoms with Crippen molar-refractivity contribution in [3.05, 3.63) is 99.0 Å². The third-order valence-electron chi connectivity index (χ3n) is 7.09. The number of aromatic nitrogens is 2. The molecule has 4 aromatic rings. The van der Waals surface area contributed by atoms with Crippen LogP contribution >= 0.6 is 15.9 Å². The average Bonchev–Trinajstić information content (AvgIpc) is 2.96. The van der Waals surface area contributed by atoms with Gasteiger partial charge in [0.1, 0.15) is 5.82 Å². The number of para-hydroxylation sites is 2. The van der Waals surface area contributed by atoms with E-state index in [1.54, 1.807) is 4.57 Å². The Morgan fingerprint density at radius 3 is 2.36 bits per heavy atom. The van der Waals surface area contributed by atoms with Gasteiger partial charge in [0.15, 0.2) is 0 Å². The molecule has 3 aromatic carbocycles.